The van der Waals surface area contributed by atoms with Crippen LogP contribution in [0.3, 0.4) is 0 Å². The predicted octanol–water partition coefficient (Wildman–Crippen LogP) is 2.19. The molecule has 1 fully saturated rings. The molecule has 1 amide bonds. The largest absolute Gasteiger partial charge is 0.340 e. The summed E-state index contributed by atoms with van der Waals surface area (Å²) in [4.78, 5) is 12.6. The van der Waals surface area contributed by atoms with Gasteiger partial charge in [-0.2, -0.15) is 0 Å². The number of hydrogen-bond donors (Lipinski definition) is 1. The van der Waals surface area contributed by atoms with Gasteiger partial charge in [-0.25, -0.2) is 0 Å². The third kappa shape index (κ3) is 5.87. The second-order valence-electron chi connectivity index (χ2n) is 5.19. The maximum atomic E-state index is 10.7. The number of nitrogens with one attached hydrogen (secondary N) is 1. The molecule has 1 heterocycles. The standard InChI is InChI=1S/C8H14.C6H12N2O/c1-7-3-5-8(2)6-4-7;1-6(9)8-4-2-7-3-5-8/h3,8H,4-6H2,1-2H3;7H,2-5H2,1H3. The number of amides is 1. The van der Waals surface area contributed by atoms with Crippen molar-refractivity contribution in [3.8, 4) is 0 Å². The van der Waals surface area contributed by atoms with Crippen LogP contribution in [0.2, 0.25) is 0 Å². The Morgan fingerprint density at radius 2 is 2.06 bits per heavy atom. The lowest BCUT2D eigenvalue weighted by molar-refractivity contribution is -0.129. The molecule has 3 nitrogen and oxygen atoms in total. The fourth-order valence-electron chi connectivity index (χ4n) is 2.08. The van der Waals surface area contributed by atoms with Crippen LogP contribution in [0, 0.1) is 5.92 Å². The summed E-state index contributed by atoms with van der Waals surface area (Å²) in [6, 6.07) is 0. The molecule has 0 bridgehead atoms. The van der Waals surface area contributed by atoms with Crippen molar-refractivity contribution in [2.75, 3.05) is 26.2 Å². The number of piperazine rings is 1. The van der Waals surface area contributed by atoms with Gasteiger partial charge in [0.15, 0.2) is 0 Å². The fraction of sp³-hybridized carbons (Fsp3) is 0.786. The third-order valence-electron chi connectivity index (χ3n) is 3.46. The predicted molar refractivity (Wildman–Crippen MR) is 71.9 cm³/mol. The Bertz CT molecular complexity index is 267. The van der Waals surface area contributed by atoms with E-state index in [1.165, 1.54) is 19.3 Å². The molecule has 3 heteroatoms. The summed E-state index contributed by atoms with van der Waals surface area (Å²) in [7, 11) is 0. The molecule has 0 aromatic rings. The SMILES string of the molecule is CC(=O)N1CCNCC1.CC1=CCC(C)CC1. The number of allylic oxidation sites excluding steroid dienone is 2. The average Bonchev–Trinajstić information content (AvgIpc) is 2.35. The van der Waals surface area contributed by atoms with Crippen LogP contribution in [0.1, 0.15) is 40.0 Å². The molecule has 1 aliphatic heterocycles. The number of carbonyl (C=O) groups is 1. The van der Waals surface area contributed by atoms with E-state index >= 15 is 0 Å². The smallest absolute Gasteiger partial charge is 0.219 e. The van der Waals surface area contributed by atoms with Crippen molar-refractivity contribution in [2.45, 2.75) is 40.0 Å². The highest BCUT2D eigenvalue weighted by molar-refractivity contribution is 5.73. The topological polar surface area (TPSA) is 32.3 Å². The molecule has 0 aromatic heterocycles. The Hall–Kier alpha value is -0.830. The molecule has 1 aliphatic carbocycles. The van der Waals surface area contributed by atoms with E-state index in [1.807, 2.05) is 4.90 Å². The summed E-state index contributed by atoms with van der Waals surface area (Å²) >= 11 is 0. The van der Waals surface area contributed by atoms with Crippen LogP contribution in [0.4, 0.5) is 0 Å². The van der Waals surface area contributed by atoms with Crippen LogP contribution in [0.25, 0.3) is 0 Å². The molecule has 98 valence electrons. The van der Waals surface area contributed by atoms with Gasteiger partial charge in [-0.1, -0.05) is 18.6 Å². The van der Waals surface area contributed by atoms with Crippen molar-refractivity contribution in [1.82, 2.24) is 10.2 Å². The number of hydrogen-bond acceptors (Lipinski definition) is 2. The van der Waals surface area contributed by atoms with E-state index in [1.54, 1.807) is 12.5 Å². The Morgan fingerprint density at radius 1 is 1.41 bits per heavy atom. The molecule has 2 rings (SSSR count). The van der Waals surface area contributed by atoms with Gasteiger partial charge < -0.3 is 10.2 Å². The molecule has 1 atom stereocenters. The number of rotatable bonds is 0. The molecule has 0 spiro atoms. The van der Waals surface area contributed by atoms with Crippen LogP contribution in [-0.2, 0) is 4.79 Å². The van der Waals surface area contributed by atoms with E-state index < -0.39 is 0 Å². The molecule has 0 radical (unpaired) electrons. The zero-order chi connectivity index (χ0) is 12.7. The lowest BCUT2D eigenvalue weighted by Crippen LogP contribution is -2.45. The molecule has 17 heavy (non-hydrogen) atoms. The third-order valence-corrected chi connectivity index (χ3v) is 3.46. The van der Waals surface area contributed by atoms with Crippen LogP contribution in [0.5, 0.6) is 0 Å². The normalized spacial score (nSPS) is 24.5. The average molecular weight is 238 g/mol. The zero-order valence-corrected chi connectivity index (χ0v) is 11.5. The van der Waals surface area contributed by atoms with Gasteiger partial charge in [0.25, 0.3) is 0 Å². The van der Waals surface area contributed by atoms with Crippen LogP contribution >= 0.6 is 0 Å². The second kappa shape index (κ2) is 7.49. The molecule has 0 aromatic carbocycles. The lowest BCUT2D eigenvalue weighted by atomic mass is 9.92. The minimum atomic E-state index is 0.191. The van der Waals surface area contributed by atoms with Crippen LogP contribution in [-0.4, -0.2) is 37.0 Å². The quantitative estimate of drug-likeness (QED) is 0.656. The van der Waals surface area contributed by atoms with Crippen molar-refractivity contribution < 1.29 is 4.79 Å². The second-order valence-corrected chi connectivity index (χ2v) is 5.19. The van der Waals surface area contributed by atoms with Crippen molar-refractivity contribution in [3.63, 3.8) is 0 Å². The molecule has 1 N–H and O–H groups in total. The van der Waals surface area contributed by atoms with E-state index in [9.17, 15) is 4.79 Å². The van der Waals surface area contributed by atoms with Gasteiger partial charge in [-0.05, 0) is 32.1 Å². The van der Waals surface area contributed by atoms with E-state index in [-0.39, 0.29) is 5.91 Å². The summed E-state index contributed by atoms with van der Waals surface area (Å²) in [5, 5.41) is 3.18. The number of nitrogens with zero attached hydrogens (tertiary/aromatic N) is 1. The summed E-state index contributed by atoms with van der Waals surface area (Å²) in [5.74, 6) is 1.13. The Morgan fingerprint density at radius 3 is 2.41 bits per heavy atom. The van der Waals surface area contributed by atoms with E-state index in [0.29, 0.717) is 0 Å². The molecular formula is C14H26N2O. The van der Waals surface area contributed by atoms with Gasteiger partial charge in [-0.3, -0.25) is 4.79 Å². The van der Waals surface area contributed by atoms with E-state index in [2.05, 4.69) is 25.2 Å². The Balaban J connectivity index is 0.000000171. The fourth-order valence-corrected chi connectivity index (χ4v) is 2.08. The van der Waals surface area contributed by atoms with E-state index in [0.717, 1.165) is 32.1 Å². The maximum absolute atomic E-state index is 10.7. The van der Waals surface area contributed by atoms with Gasteiger partial charge in [0, 0.05) is 33.1 Å². The minimum absolute atomic E-state index is 0.191. The summed E-state index contributed by atoms with van der Waals surface area (Å²) in [6.07, 6.45) is 6.42. The van der Waals surface area contributed by atoms with Crippen molar-refractivity contribution in [2.24, 2.45) is 5.92 Å². The zero-order valence-electron chi connectivity index (χ0n) is 11.5. The summed E-state index contributed by atoms with van der Waals surface area (Å²) in [6.45, 7) is 9.80. The molecule has 1 unspecified atom stereocenters. The molecular weight excluding hydrogens is 212 g/mol. The first kappa shape index (κ1) is 14.2. The highest BCUT2D eigenvalue weighted by atomic mass is 16.2. The van der Waals surface area contributed by atoms with Crippen molar-refractivity contribution >= 4 is 5.91 Å². The minimum Gasteiger partial charge on any atom is -0.340 e. The molecule has 0 saturated carbocycles. The van der Waals surface area contributed by atoms with Crippen LogP contribution in [0.15, 0.2) is 11.6 Å². The van der Waals surface area contributed by atoms with Gasteiger partial charge in [-0.15, -0.1) is 0 Å². The summed E-state index contributed by atoms with van der Waals surface area (Å²) < 4.78 is 0. The first-order chi connectivity index (χ1) is 8.09. The van der Waals surface area contributed by atoms with Gasteiger partial charge in [0.1, 0.15) is 0 Å². The maximum Gasteiger partial charge on any atom is 0.219 e. The molecule has 2 aliphatic rings. The van der Waals surface area contributed by atoms with Crippen LogP contribution < -0.4 is 5.32 Å². The summed E-state index contributed by atoms with van der Waals surface area (Å²) in [5.41, 5.74) is 1.59. The van der Waals surface area contributed by atoms with Gasteiger partial charge in [0.2, 0.25) is 5.91 Å². The highest BCUT2D eigenvalue weighted by Gasteiger charge is 2.10. The first-order valence-corrected chi connectivity index (χ1v) is 6.71. The van der Waals surface area contributed by atoms with Crippen molar-refractivity contribution in [1.29, 1.82) is 0 Å². The van der Waals surface area contributed by atoms with Gasteiger partial charge >= 0.3 is 0 Å². The monoisotopic (exact) mass is 238 g/mol. The highest BCUT2D eigenvalue weighted by Crippen LogP contribution is 2.21. The lowest BCUT2D eigenvalue weighted by Gasteiger charge is -2.25. The van der Waals surface area contributed by atoms with Gasteiger partial charge in [0.05, 0.1) is 0 Å². The Kier molecular flexibility index (Phi) is 6.27. The molecule has 1 saturated heterocycles. The Labute approximate surface area is 105 Å². The van der Waals surface area contributed by atoms with E-state index in [4.69, 9.17) is 0 Å². The van der Waals surface area contributed by atoms with Crippen molar-refractivity contribution in [3.05, 3.63) is 11.6 Å². The first-order valence-electron chi connectivity index (χ1n) is 6.71. The number of carbonyl (C=O) groups excluding carboxylic acids is 1.